The van der Waals surface area contributed by atoms with Crippen LogP contribution in [0.4, 0.5) is 0 Å². The summed E-state index contributed by atoms with van der Waals surface area (Å²) in [4.78, 5) is 13.9. The van der Waals surface area contributed by atoms with Crippen LogP contribution in [0.15, 0.2) is 0 Å². The summed E-state index contributed by atoms with van der Waals surface area (Å²) in [7, 11) is -5.91. The Balaban J connectivity index is 1.87. The molecule has 2 saturated heterocycles. The van der Waals surface area contributed by atoms with E-state index in [1.54, 1.807) is 4.90 Å². The monoisotopic (exact) mass is 337 g/mol. The lowest BCUT2D eigenvalue weighted by Crippen LogP contribution is -2.41. The SMILES string of the molecule is CCN(C(=O)CCC1CCS(=O)(=O)C1)C1CCS(=O)(=O)C1. The van der Waals surface area contributed by atoms with E-state index in [0.717, 1.165) is 0 Å². The Hall–Kier alpha value is -0.630. The third-order valence-corrected chi connectivity index (χ3v) is 7.99. The molecule has 8 heteroatoms. The molecule has 0 aromatic heterocycles. The Bertz CT molecular complexity index is 596. The fourth-order valence-corrected chi connectivity index (χ4v) is 6.87. The largest absolute Gasteiger partial charge is 0.339 e. The zero-order valence-corrected chi connectivity index (χ0v) is 14.0. The molecule has 21 heavy (non-hydrogen) atoms. The molecule has 2 aliphatic rings. The van der Waals surface area contributed by atoms with Crippen LogP contribution in [-0.4, -0.2) is 63.2 Å². The molecular weight excluding hydrogens is 314 g/mol. The highest BCUT2D eigenvalue weighted by atomic mass is 32.2. The van der Waals surface area contributed by atoms with E-state index in [2.05, 4.69) is 0 Å². The molecule has 0 aromatic rings. The lowest BCUT2D eigenvalue weighted by molar-refractivity contribution is -0.133. The Morgan fingerprint density at radius 1 is 1.05 bits per heavy atom. The van der Waals surface area contributed by atoms with Gasteiger partial charge < -0.3 is 4.90 Å². The summed E-state index contributed by atoms with van der Waals surface area (Å²) in [5, 5.41) is 0. The number of carbonyl (C=O) groups is 1. The van der Waals surface area contributed by atoms with Crippen molar-refractivity contribution >= 4 is 25.6 Å². The molecule has 2 rings (SSSR count). The van der Waals surface area contributed by atoms with E-state index in [0.29, 0.717) is 32.2 Å². The third-order valence-electron chi connectivity index (χ3n) is 4.40. The van der Waals surface area contributed by atoms with Gasteiger partial charge in [-0.25, -0.2) is 16.8 Å². The summed E-state index contributed by atoms with van der Waals surface area (Å²) in [5.41, 5.74) is 0. The Labute approximate surface area is 126 Å². The number of hydrogen-bond acceptors (Lipinski definition) is 5. The van der Waals surface area contributed by atoms with E-state index in [-0.39, 0.29) is 40.9 Å². The zero-order chi connectivity index (χ0) is 15.7. The van der Waals surface area contributed by atoms with Gasteiger partial charge in [0.15, 0.2) is 19.7 Å². The average molecular weight is 337 g/mol. The molecule has 0 spiro atoms. The van der Waals surface area contributed by atoms with Gasteiger partial charge in [-0.3, -0.25) is 4.79 Å². The predicted molar refractivity (Wildman–Crippen MR) is 80.4 cm³/mol. The van der Waals surface area contributed by atoms with Crippen molar-refractivity contribution in [2.45, 2.75) is 38.6 Å². The average Bonchev–Trinajstić information content (AvgIpc) is 2.90. The second-order valence-corrected chi connectivity index (χ2v) is 10.5. The van der Waals surface area contributed by atoms with Gasteiger partial charge in [0.1, 0.15) is 0 Å². The van der Waals surface area contributed by atoms with Crippen molar-refractivity contribution in [2.75, 3.05) is 29.6 Å². The molecular formula is C13H23NO5S2. The molecule has 2 heterocycles. The highest BCUT2D eigenvalue weighted by Gasteiger charge is 2.34. The molecule has 0 bridgehead atoms. The molecule has 122 valence electrons. The van der Waals surface area contributed by atoms with E-state index in [1.165, 1.54) is 0 Å². The van der Waals surface area contributed by atoms with E-state index in [9.17, 15) is 21.6 Å². The maximum absolute atomic E-state index is 12.3. The smallest absolute Gasteiger partial charge is 0.222 e. The first kappa shape index (κ1) is 16.7. The van der Waals surface area contributed by atoms with Crippen LogP contribution in [0.25, 0.3) is 0 Å². The molecule has 2 fully saturated rings. The minimum atomic E-state index is -3.00. The Morgan fingerprint density at radius 2 is 1.67 bits per heavy atom. The first-order valence-electron chi connectivity index (χ1n) is 7.43. The molecule has 2 aliphatic heterocycles. The van der Waals surface area contributed by atoms with Gasteiger partial charge in [0.2, 0.25) is 5.91 Å². The normalized spacial score (nSPS) is 30.3. The number of nitrogens with zero attached hydrogens (tertiary/aromatic N) is 1. The van der Waals surface area contributed by atoms with Gasteiger partial charge in [-0.2, -0.15) is 0 Å². The van der Waals surface area contributed by atoms with Crippen molar-refractivity contribution < 1.29 is 21.6 Å². The molecule has 0 saturated carbocycles. The van der Waals surface area contributed by atoms with Crippen molar-refractivity contribution in [1.29, 1.82) is 0 Å². The quantitative estimate of drug-likeness (QED) is 0.717. The number of rotatable bonds is 5. The van der Waals surface area contributed by atoms with Gasteiger partial charge in [0.25, 0.3) is 0 Å². The summed E-state index contributed by atoms with van der Waals surface area (Å²) in [6, 6.07) is -0.209. The van der Waals surface area contributed by atoms with E-state index in [4.69, 9.17) is 0 Å². The fraction of sp³-hybridized carbons (Fsp3) is 0.923. The predicted octanol–water partition coefficient (Wildman–Crippen LogP) is 0.237. The van der Waals surface area contributed by atoms with Crippen LogP contribution in [0, 0.1) is 5.92 Å². The van der Waals surface area contributed by atoms with Gasteiger partial charge in [-0.05, 0) is 32.1 Å². The van der Waals surface area contributed by atoms with Crippen LogP contribution in [0.5, 0.6) is 0 Å². The third kappa shape index (κ3) is 4.42. The molecule has 0 aromatic carbocycles. The topological polar surface area (TPSA) is 88.6 Å². The fourth-order valence-electron chi connectivity index (χ4n) is 3.23. The highest BCUT2D eigenvalue weighted by Crippen LogP contribution is 2.24. The minimum Gasteiger partial charge on any atom is -0.339 e. The van der Waals surface area contributed by atoms with Crippen LogP contribution in [-0.2, 0) is 24.5 Å². The van der Waals surface area contributed by atoms with Gasteiger partial charge in [-0.1, -0.05) is 0 Å². The summed E-state index contributed by atoms with van der Waals surface area (Å²) < 4.78 is 45.8. The molecule has 2 atom stereocenters. The summed E-state index contributed by atoms with van der Waals surface area (Å²) in [6.07, 6.45) is 2.04. The minimum absolute atomic E-state index is 0.0519. The van der Waals surface area contributed by atoms with Crippen molar-refractivity contribution in [2.24, 2.45) is 5.92 Å². The second-order valence-electron chi connectivity index (χ2n) is 6.04. The van der Waals surface area contributed by atoms with E-state index >= 15 is 0 Å². The van der Waals surface area contributed by atoms with Crippen LogP contribution in [0.1, 0.15) is 32.6 Å². The lowest BCUT2D eigenvalue weighted by atomic mass is 10.0. The summed E-state index contributed by atoms with van der Waals surface area (Å²) in [5.74, 6) is 0.648. The van der Waals surface area contributed by atoms with Crippen molar-refractivity contribution in [3.05, 3.63) is 0 Å². The Kier molecular flexibility index (Phi) is 4.97. The maximum atomic E-state index is 12.3. The molecule has 1 amide bonds. The van der Waals surface area contributed by atoms with Crippen LogP contribution >= 0.6 is 0 Å². The summed E-state index contributed by atoms with van der Waals surface area (Å²) in [6.45, 7) is 2.35. The molecule has 0 N–H and O–H groups in total. The molecule has 0 radical (unpaired) electrons. The van der Waals surface area contributed by atoms with Gasteiger partial charge in [0, 0.05) is 19.0 Å². The Morgan fingerprint density at radius 3 is 2.14 bits per heavy atom. The first-order valence-corrected chi connectivity index (χ1v) is 11.1. The van der Waals surface area contributed by atoms with Gasteiger partial charge >= 0.3 is 0 Å². The summed E-state index contributed by atoms with van der Waals surface area (Å²) >= 11 is 0. The zero-order valence-electron chi connectivity index (χ0n) is 12.3. The van der Waals surface area contributed by atoms with E-state index in [1.807, 2.05) is 6.92 Å². The van der Waals surface area contributed by atoms with Crippen LogP contribution < -0.4 is 0 Å². The first-order chi connectivity index (χ1) is 9.72. The lowest BCUT2D eigenvalue weighted by Gasteiger charge is -2.27. The van der Waals surface area contributed by atoms with E-state index < -0.39 is 19.7 Å². The maximum Gasteiger partial charge on any atom is 0.222 e. The highest BCUT2D eigenvalue weighted by molar-refractivity contribution is 7.91. The standard InChI is InChI=1S/C13H23NO5S2/c1-2-14(12-6-8-21(18,19)10-12)13(15)4-3-11-5-7-20(16,17)9-11/h11-12H,2-10H2,1H3. The number of amides is 1. The number of hydrogen-bond donors (Lipinski definition) is 0. The van der Waals surface area contributed by atoms with Crippen LogP contribution in [0.3, 0.4) is 0 Å². The van der Waals surface area contributed by atoms with Gasteiger partial charge in [-0.15, -0.1) is 0 Å². The van der Waals surface area contributed by atoms with Crippen molar-refractivity contribution in [3.8, 4) is 0 Å². The van der Waals surface area contributed by atoms with Crippen LogP contribution in [0.2, 0.25) is 0 Å². The molecule has 2 unspecified atom stereocenters. The number of carbonyl (C=O) groups excluding carboxylic acids is 1. The molecule has 6 nitrogen and oxygen atoms in total. The van der Waals surface area contributed by atoms with Crippen molar-refractivity contribution in [1.82, 2.24) is 4.90 Å². The molecule has 0 aliphatic carbocycles. The second kappa shape index (κ2) is 6.24. The number of sulfone groups is 2. The van der Waals surface area contributed by atoms with Crippen molar-refractivity contribution in [3.63, 3.8) is 0 Å². The van der Waals surface area contributed by atoms with Gasteiger partial charge in [0.05, 0.1) is 23.0 Å².